The van der Waals surface area contributed by atoms with Gasteiger partial charge in [0.2, 0.25) is 5.91 Å². The molecule has 2 aromatic carbocycles. The number of hydrogen-bond donors (Lipinski definition) is 2. The van der Waals surface area contributed by atoms with E-state index >= 15 is 0 Å². The molecule has 0 atom stereocenters. The second kappa shape index (κ2) is 10.8. The summed E-state index contributed by atoms with van der Waals surface area (Å²) in [5, 5.41) is 2.91. The van der Waals surface area contributed by atoms with Crippen LogP contribution in [0, 0.1) is 0 Å². The Bertz CT molecular complexity index is 563. The highest BCUT2D eigenvalue weighted by Gasteiger charge is 2.10. The molecule has 0 radical (unpaired) electrons. The first-order chi connectivity index (χ1) is 10.8. The van der Waals surface area contributed by atoms with Crippen molar-refractivity contribution in [2.45, 2.75) is 6.42 Å². The molecule has 0 aliphatic heterocycles. The summed E-state index contributed by atoms with van der Waals surface area (Å²) in [5.74, 6) is -0.00675. The summed E-state index contributed by atoms with van der Waals surface area (Å²) < 4.78 is 0. The Morgan fingerprint density at radius 1 is 0.957 bits per heavy atom. The van der Waals surface area contributed by atoms with Crippen molar-refractivity contribution in [2.75, 3.05) is 31.5 Å². The lowest BCUT2D eigenvalue weighted by atomic mass is 10.1. The number of nitrogens with two attached hydrogens (primary N) is 1. The third-order valence-corrected chi connectivity index (χ3v) is 3.43. The Labute approximate surface area is 144 Å². The summed E-state index contributed by atoms with van der Waals surface area (Å²) in [6.07, 6.45) is 0.916. The predicted molar refractivity (Wildman–Crippen MR) is 98.0 cm³/mol. The number of carbonyl (C=O) groups is 1. The van der Waals surface area contributed by atoms with Crippen LogP contribution in [0.4, 0.5) is 5.69 Å². The molecule has 0 aromatic heterocycles. The molecule has 0 fully saturated rings. The zero-order chi connectivity index (χ0) is 15.6. The number of hydrogen-bond acceptors (Lipinski definition) is 3. The summed E-state index contributed by atoms with van der Waals surface area (Å²) in [5.41, 5.74) is 7.75. The average Bonchev–Trinajstić information content (AvgIpc) is 2.55. The molecular weight excluding hydrogens is 310 g/mol. The maximum atomic E-state index is 12.1. The Hall–Kier alpha value is -1.88. The molecule has 0 saturated carbocycles. The van der Waals surface area contributed by atoms with E-state index in [9.17, 15) is 4.79 Å². The molecule has 4 nitrogen and oxygen atoms in total. The van der Waals surface area contributed by atoms with E-state index in [1.165, 1.54) is 5.56 Å². The van der Waals surface area contributed by atoms with Gasteiger partial charge in [-0.05, 0) is 24.1 Å². The van der Waals surface area contributed by atoms with Crippen LogP contribution in [0.2, 0.25) is 0 Å². The van der Waals surface area contributed by atoms with E-state index < -0.39 is 0 Å². The largest absolute Gasteiger partial charge is 0.329 e. The van der Waals surface area contributed by atoms with Crippen LogP contribution in [0.5, 0.6) is 0 Å². The summed E-state index contributed by atoms with van der Waals surface area (Å²) in [7, 11) is 0. The van der Waals surface area contributed by atoms with Crippen LogP contribution in [0.15, 0.2) is 60.7 Å². The molecule has 3 N–H and O–H groups in total. The van der Waals surface area contributed by atoms with Crippen molar-refractivity contribution in [3.63, 3.8) is 0 Å². The van der Waals surface area contributed by atoms with Crippen LogP contribution in [-0.2, 0) is 11.2 Å². The molecule has 0 saturated heterocycles. The van der Waals surface area contributed by atoms with E-state index in [1.54, 1.807) is 0 Å². The molecule has 1 amide bonds. The summed E-state index contributed by atoms with van der Waals surface area (Å²) >= 11 is 0. The molecule has 23 heavy (non-hydrogen) atoms. The van der Waals surface area contributed by atoms with Gasteiger partial charge in [0.1, 0.15) is 0 Å². The van der Waals surface area contributed by atoms with Gasteiger partial charge in [-0.3, -0.25) is 9.69 Å². The fourth-order valence-electron chi connectivity index (χ4n) is 2.31. The lowest BCUT2D eigenvalue weighted by molar-refractivity contribution is -0.117. The highest BCUT2D eigenvalue weighted by molar-refractivity contribution is 5.92. The van der Waals surface area contributed by atoms with Crippen LogP contribution in [-0.4, -0.2) is 37.0 Å². The van der Waals surface area contributed by atoms with Gasteiger partial charge in [0, 0.05) is 25.3 Å². The van der Waals surface area contributed by atoms with Crippen LogP contribution in [0.1, 0.15) is 5.56 Å². The smallest absolute Gasteiger partial charge is 0.238 e. The lowest BCUT2D eigenvalue weighted by Gasteiger charge is -2.21. The number of benzene rings is 2. The van der Waals surface area contributed by atoms with Gasteiger partial charge >= 0.3 is 0 Å². The number of nitrogens with one attached hydrogen (secondary N) is 1. The van der Waals surface area contributed by atoms with Gasteiger partial charge in [-0.15, -0.1) is 12.4 Å². The van der Waals surface area contributed by atoms with Gasteiger partial charge in [-0.1, -0.05) is 48.5 Å². The van der Waals surface area contributed by atoms with E-state index in [0.29, 0.717) is 13.1 Å². The average molecular weight is 334 g/mol. The van der Waals surface area contributed by atoms with Gasteiger partial charge in [-0.25, -0.2) is 0 Å². The highest BCUT2D eigenvalue weighted by Crippen LogP contribution is 2.05. The SMILES string of the molecule is Cl.NCCN(CCc1ccccc1)CC(=O)Nc1ccccc1. The fraction of sp³-hybridized carbons (Fsp3) is 0.278. The van der Waals surface area contributed by atoms with Crippen molar-refractivity contribution in [3.8, 4) is 0 Å². The second-order valence-electron chi connectivity index (χ2n) is 5.21. The van der Waals surface area contributed by atoms with Crippen molar-refractivity contribution < 1.29 is 4.79 Å². The van der Waals surface area contributed by atoms with Crippen LogP contribution in [0.3, 0.4) is 0 Å². The Morgan fingerprint density at radius 2 is 1.57 bits per heavy atom. The van der Waals surface area contributed by atoms with Crippen molar-refractivity contribution in [1.29, 1.82) is 0 Å². The van der Waals surface area contributed by atoms with E-state index in [4.69, 9.17) is 5.73 Å². The number of para-hydroxylation sites is 1. The molecule has 0 aliphatic rings. The van der Waals surface area contributed by atoms with Gasteiger partial charge in [0.05, 0.1) is 6.54 Å². The third-order valence-electron chi connectivity index (χ3n) is 3.43. The van der Waals surface area contributed by atoms with Gasteiger partial charge in [-0.2, -0.15) is 0 Å². The number of anilines is 1. The molecule has 5 heteroatoms. The van der Waals surface area contributed by atoms with E-state index in [-0.39, 0.29) is 18.3 Å². The van der Waals surface area contributed by atoms with Crippen LogP contribution < -0.4 is 11.1 Å². The van der Waals surface area contributed by atoms with Crippen LogP contribution in [0.25, 0.3) is 0 Å². The minimum atomic E-state index is -0.00675. The van der Waals surface area contributed by atoms with Crippen molar-refractivity contribution >= 4 is 24.0 Å². The summed E-state index contributed by atoms with van der Waals surface area (Å²) in [6, 6.07) is 19.8. The summed E-state index contributed by atoms with van der Waals surface area (Å²) in [6.45, 7) is 2.45. The molecule has 124 valence electrons. The van der Waals surface area contributed by atoms with E-state index in [1.807, 2.05) is 48.5 Å². The first-order valence-corrected chi connectivity index (χ1v) is 7.59. The third kappa shape index (κ3) is 7.28. The van der Waals surface area contributed by atoms with Crippen molar-refractivity contribution in [2.24, 2.45) is 5.73 Å². The number of carbonyl (C=O) groups excluding carboxylic acids is 1. The first kappa shape index (κ1) is 19.2. The standard InChI is InChI=1S/C18H23N3O.ClH/c19-12-14-21(13-11-16-7-3-1-4-8-16)15-18(22)20-17-9-5-2-6-10-17;/h1-10H,11-15,19H2,(H,20,22);1H. The molecule has 0 bridgehead atoms. The maximum Gasteiger partial charge on any atom is 0.238 e. The van der Waals surface area contributed by atoms with Crippen molar-refractivity contribution in [3.05, 3.63) is 66.2 Å². The molecular formula is C18H24ClN3O. The number of amides is 1. The Kier molecular flexibility index (Phi) is 8.98. The Balaban J connectivity index is 0.00000264. The molecule has 0 spiro atoms. The number of halogens is 1. The Morgan fingerprint density at radius 3 is 2.17 bits per heavy atom. The molecule has 0 aliphatic carbocycles. The first-order valence-electron chi connectivity index (χ1n) is 7.59. The minimum absolute atomic E-state index is 0. The van der Waals surface area contributed by atoms with E-state index in [0.717, 1.165) is 25.2 Å². The quantitative estimate of drug-likeness (QED) is 0.780. The predicted octanol–water partition coefficient (Wildman–Crippen LogP) is 2.55. The minimum Gasteiger partial charge on any atom is -0.329 e. The van der Waals surface area contributed by atoms with Crippen LogP contribution >= 0.6 is 12.4 Å². The second-order valence-corrected chi connectivity index (χ2v) is 5.21. The maximum absolute atomic E-state index is 12.1. The summed E-state index contributed by atoms with van der Waals surface area (Å²) in [4.78, 5) is 14.2. The molecule has 0 unspecified atom stereocenters. The zero-order valence-corrected chi connectivity index (χ0v) is 14.0. The van der Waals surface area contributed by atoms with E-state index in [2.05, 4.69) is 22.3 Å². The van der Waals surface area contributed by atoms with Gasteiger partial charge in [0.25, 0.3) is 0 Å². The normalized spacial score (nSPS) is 10.2. The number of nitrogens with zero attached hydrogens (tertiary/aromatic N) is 1. The topological polar surface area (TPSA) is 58.4 Å². The molecule has 2 aromatic rings. The zero-order valence-electron chi connectivity index (χ0n) is 13.2. The van der Waals surface area contributed by atoms with Gasteiger partial charge < -0.3 is 11.1 Å². The fourth-order valence-corrected chi connectivity index (χ4v) is 2.31. The van der Waals surface area contributed by atoms with Crippen molar-refractivity contribution in [1.82, 2.24) is 4.90 Å². The highest BCUT2D eigenvalue weighted by atomic mass is 35.5. The lowest BCUT2D eigenvalue weighted by Crippen LogP contribution is -2.37. The number of rotatable bonds is 8. The molecule has 0 heterocycles. The monoisotopic (exact) mass is 333 g/mol. The molecule has 2 rings (SSSR count). The van der Waals surface area contributed by atoms with Gasteiger partial charge in [0.15, 0.2) is 0 Å².